The molecule has 1 aromatic carbocycles. The SMILES string of the molecule is CC1Nc2cc(Cl)ccc2OC1CO. The van der Waals surface area contributed by atoms with Gasteiger partial charge < -0.3 is 15.2 Å². The molecule has 0 fully saturated rings. The standard InChI is InChI=1S/C10H12ClNO2/c1-6-10(5-13)14-9-3-2-7(11)4-8(9)12-6/h2-4,6,10,12-13H,5H2,1H3. The first kappa shape index (κ1) is 9.62. The third-order valence-electron chi connectivity index (χ3n) is 2.34. The first-order valence-electron chi connectivity index (χ1n) is 4.54. The molecule has 0 aliphatic carbocycles. The summed E-state index contributed by atoms with van der Waals surface area (Å²) < 4.78 is 5.58. The lowest BCUT2D eigenvalue weighted by atomic mass is 10.1. The van der Waals surface area contributed by atoms with Crippen molar-refractivity contribution >= 4 is 17.3 Å². The Balaban J connectivity index is 2.30. The van der Waals surface area contributed by atoms with Gasteiger partial charge in [-0.15, -0.1) is 0 Å². The van der Waals surface area contributed by atoms with E-state index in [0.29, 0.717) is 5.02 Å². The number of fused-ring (bicyclic) bond motifs is 1. The average Bonchev–Trinajstić information content (AvgIpc) is 2.16. The van der Waals surface area contributed by atoms with E-state index in [2.05, 4.69) is 5.32 Å². The normalized spacial score (nSPS) is 24.8. The van der Waals surface area contributed by atoms with E-state index in [-0.39, 0.29) is 18.8 Å². The Morgan fingerprint density at radius 2 is 2.36 bits per heavy atom. The van der Waals surface area contributed by atoms with Gasteiger partial charge in [0, 0.05) is 5.02 Å². The quantitative estimate of drug-likeness (QED) is 0.749. The summed E-state index contributed by atoms with van der Waals surface area (Å²) in [5, 5.41) is 13.0. The van der Waals surface area contributed by atoms with E-state index in [1.807, 2.05) is 13.0 Å². The molecule has 1 aromatic rings. The predicted octanol–water partition coefficient (Wildman–Crippen LogP) is 1.89. The van der Waals surface area contributed by atoms with E-state index >= 15 is 0 Å². The van der Waals surface area contributed by atoms with Gasteiger partial charge in [-0.1, -0.05) is 11.6 Å². The zero-order valence-corrected chi connectivity index (χ0v) is 8.58. The van der Waals surface area contributed by atoms with Crippen LogP contribution in [0.4, 0.5) is 5.69 Å². The second-order valence-electron chi connectivity index (χ2n) is 3.41. The number of rotatable bonds is 1. The van der Waals surface area contributed by atoms with Gasteiger partial charge in [-0.2, -0.15) is 0 Å². The Hall–Kier alpha value is -0.930. The van der Waals surface area contributed by atoms with Crippen molar-refractivity contribution in [3.63, 3.8) is 0 Å². The summed E-state index contributed by atoms with van der Waals surface area (Å²) in [5.74, 6) is 0.742. The van der Waals surface area contributed by atoms with Crippen molar-refractivity contribution in [1.82, 2.24) is 0 Å². The van der Waals surface area contributed by atoms with Crippen molar-refractivity contribution in [2.45, 2.75) is 19.1 Å². The Morgan fingerprint density at radius 3 is 3.07 bits per heavy atom. The molecule has 0 spiro atoms. The second kappa shape index (κ2) is 3.67. The van der Waals surface area contributed by atoms with Crippen LogP contribution >= 0.6 is 11.6 Å². The zero-order chi connectivity index (χ0) is 10.1. The molecule has 0 amide bonds. The smallest absolute Gasteiger partial charge is 0.143 e. The number of hydrogen-bond acceptors (Lipinski definition) is 3. The second-order valence-corrected chi connectivity index (χ2v) is 3.85. The molecule has 1 aliphatic rings. The highest BCUT2D eigenvalue weighted by Gasteiger charge is 2.25. The third-order valence-corrected chi connectivity index (χ3v) is 2.58. The molecular weight excluding hydrogens is 202 g/mol. The van der Waals surface area contributed by atoms with Crippen LogP contribution in [0.1, 0.15) is 6.92 Å². The van der Waals surface area contributed by atoms with E-state index in [1.54, 1.807) is 12.1 Å². The molecule has 2 N–H and O–H groups in total. The fraction of sp³-hybridized carbons (Fsp3) is 0.400. The van der Waals surface area contributed by atoms with Gasteiger partial charge in [0.25, 0.3) is 0 Å². The van der Waals surface area contributed by atoms with E-state index in [9.17, 15) is 0 Å². The molecule has 0 radical (unpaired) electrons. The lowest BCUT2D eigenvalue weighted by Crippen LogP contribution is -2.41. The van der Waals surface area contributed by atoms with Crippen LogP contribution < -0.4 is 10.1 Å². The lowest BCUT2D eigenvalue weighted by Gasteiger charge is -2.31. The van der Waals surface area contributed by atoms with Crippen LogP contribution in [-0.2, 0) is 0 Å². The highest BCUT2D eigenvalue weighted by Crippen LogP contribution is 2.33. The van der Waals surface area contributed by atoms with Gasteiger partial charge in [0.1, 0.15) is 11.9 Å². The van der Waals surface area contributed by atoms with Crippen molar-refractivity contribution < 1.29 is 9.84 Å². The molecule has 2 atom stereocenters. The summed E-state index contributed by atoms with van der Waals surface area (Å²) in [5.41, 5.74) is 0.884. The van der Waals surface area contributed by atoms with Crippen LogP contribution in [-0.4, -0.2) is 23.9 Å². The molecule has 76 valence electrons. The molecule has 2 unspecified atom stereocenters. The van der Waals surface area contributed by atoms with E-state index < -0.39 is 0 Å². The average molecular weight is 214 g/mol. The zero-order valence-electron chi connectivity index (χ0n) is 7.83. The molecule has 0 aromatic heterocycles. The summed E-state index contributed by atoms with van der Waals surface area (Å²) in [7, 11) is 0. The number of aliphatic hydroxyl groups is 1. The van der Waals surface area contributed by atoms with Gasteiger partial charge in [-0.3, -0.25) is 0 Å². The maximum Gasteiger partial charge on any atom is 0.143 e. The number of ether oxygens (including phenoxy) is 1. The Morgan fingerprint density at radius 1 is 1.57 bits per heavy atom. The van der Waals surface area contributed by atoms with Gasteiger partial charge >= 0.3 is 0 Å². The third kappa shape index (κ3) is 1.65. The van der Waals surface area contributed by atoms with Crippen molar-refractivity contribution in [3.05, 3.63) is 23.2 Å². The molecule has 4 heteroatoms. The molecule has 1 aliphatic heterocycles. The van der Waals surface area contributed by atoms with Gasteiger partial charge in [0.05, 0.1) is 18.3 Å². The fourth-order valence-corrected chi connectivity index (χ4v) is 1.69. The number of anilines is 1. The largest absolute Gasteiger partial charge is 0.484 e. The molecule has 3 nitrogen and oxygen atoms in total. The summed E-state index contributed by atoms with van der Waals surface area (Å²) in [6, 6.07) is 5.48. The minimum absolute atomic E-state index is 0.0102. The van der Waals surface area contributed by atoms with Gasteiger partial charge in [0.2, 0.25) is 0 Å². The van der Waals surface area contributed by atoms with Gasteiger partial charge in [0.15, 0.2) is 0 Å². The van der Waals surface area contributed by atoms with Crippen LogP contribution in [0.15, 0.2) is 18.2 Å². The number of halogens is 1. The van der Waals surface area contributed by atoms with Crippen molar-refractivity contribution in [2.75, 3.05) is 11.9 Å². The van der Waals surface area contributed by atoms with Crippen molar-refractivity contribution in [2.24, 2.45) is 0 Å². The van der Waals surface area contributed by atoms with Crippen LogP contribution in [0, 0.1) is 0 Å². The molecule has 0 saturated heterocycles. The van der Waals surface area contributed by atoms with E-state index in [0.717, 1.165) is 11.4 Å². The minimum Gasteiger partial charge on any atom is -0.484 e. The molecular formula is C10H12ClNO2. The molecule has 1 heterocycles. The monoisotopic (exact) mass is 213 g/mol. The first-order chi connectivity index (χ1) is 6.70. The molecule has 2 rings (SSSR count). The van der Waals surface area contributed by atoms with Crippen molar-refractivity contribution in [3.8, 4) is 5.75 Å². The fourth-order valence-electron chi connectivity index (χ4n) is 1.52. The predicted molar refractivity (Wildman–Crippen MR) is 56.0 cm³/mol. The number of aliphatic hydroxyl groups excluding tert-OH is 1. The summed E-state index contributed by atoms with van der Waals surface area (Å²) in [4.78, 5) is 0. The first-order valence-corrected chi connectivity index (χ1v) is 4.92. The maximum absolute atomic E-state index is 9.05. The highest BCUT2D eigenvalue weighted by molar-refractivity contribution is 6.30. The van der Waals surface area contributed by atoms with Gasteiger partial charge in [-0.05, 0) is 25.1 Å². The lowest BCUT2D eigenvalue weighted by molar-refractivity contribution is 0.0978. The minimum atomic E-state index is -0.191. The summed E-state index contributed by atoms with van der Waals surface area (Å²) >= 11 is 5.85. The maximum atomic E-state index is 9.05. The van der Waals surface area contributed by atoms with Crippen LogP contribution in [0.2, 0.25) is 5.02 Å². The number of hydrogen-bond donors (Lipinski definition) is 2. The van der Waals surface area contributed by atoms with Crippen LogP contribution in [0.5, 0.6) is 5.75 Å². The summed E-state index contributed by atoms with van der Waals surface area (Å²) in [6.45, 7) is 1.97. The number of nitrogens with one attached hydrogen (secondary N) is 1. The van der Waals surface area contributed by atoms with Crippen LogP contribution in [0.3, 0.4) is 0 Å². The van der Waals surface area contributed by atoms with E-state index in [1.165, 1.54) is 0 Å². The van der Waals surface area contributed by atoms with Crippen LogP contribution in [0.25, 0.3) is 0 Å². The Labute approximate surface area is 87.6 Å². The Bertz CT molecular complexity index is 343. The Kier molecular flexibility index (Phi) is 2.52. The topological polar surface area (TPSA) is 41.5 Å². The van der Waals surface area contributed by atoms with Crippen molar-refractivity contribution in [1.29, 1.82) is 0 Å². The summed E-state index contributed by atoms with van der Waals surface area (Å²) in [6.07, 6.45) is -0.191. The number of benzene rings is 1. The molecule has 0 saturated carbocycles. The molecule has 0 bridgehead atoms. The van der Waals surface area contributed by atoms with Gasteiger partial charge in [-0.25, -0.2) is 0 Å². The molecule has 14 heavy (non-hydrogen) atoms. The highest BCUT2D eigenvalue weighted by atomic mass is 35.5. The van der Waals surface area contributed by atoms with E-state index in [4.69, 9.17) is 21.4 Å².